The number of carbonyl (C=O) groups is 1. The van der Waals surface area contributed by atoms with Gasteiger partial charge in [0.05, 0.1) is 11.5 Å². The zero-order valence-electron chi connectivity index (χ0n) is 13.5. The van der Waals surface area contributed by atoms with Gasteiger partial charge in [0, 0.05) is 36.3 Å². The van der Waals surface area contributed by atoms with Crippen molar-refractivity contribution in [3.63, 3.8) is 0 Å². The van der Waals surface area contributed by atoms with Crippen molar-refractivity contribution in [3.05, 3.63) is 28.8 Å². The first kappa shape index (κ1) is 18.1. The number of hydrogen-bond donors (Lipinski definition) is 1. The molecule has 7 heteroatoms. The molecule has 1 unspecified atom stereocenters. The third-order valence-electron chi connectivity index (χ3n) is 4.15. The molecule has 1 aromatic rings. The van der Waals surface area contributed by atoms with Gasteiger partial charge in [-0.05, 0) is 44.0 Å². The highest BCUT2D eigenvalue weighted by Gasteiger charge is 2.33. The molecule has 1 aromatic carbocycles. The number of nitrogens with one attached hydrogen (secondary N) is 1. The van der Waals surface area contributed by atoms with Gasteiger partial charge in [-0.15, -0.1) is 0 Å². The third-order valence-corrected chi connectivity index (χ3v) is 6.14. The van der Waals surface area contributed by atoms with Gasteiger partial charge >= 0.3 is 0 Å². The molecule has 1 heterocycles. The van der Waals surface area contributed by atoms with Crippen LogP contribution in [0.1, 0.15) is 25.3 Å². The Morgan fingerprint density at radius 3 is 2.74 bits per heavy atom. The molecule has 2 rings (SSSR count). The van der Waals surface area contributed by atoms with Crippen LogP contribution in [0, 0.1) is 6.92 Å². The van der Waals surface area contributed by atoms with Crippen molar-refractivity contribution >= 4 is 33.0 Å². The Hall–Kier alpha value is -1.27. The average molecular weight is 359 g/mol. The number of sulfone groups is 1. The number of hydrogen-bond acceptors (Lipinski definition) is 4. The molecule has 1 amide bonds. The Morgan fingerprint density at radius 1 is 1.43 bits per heavy atom. The predicted molar refractivity (Wildman–Crippen MR) is 93.7 cm³/mol. The molecule has 1 fully saturated rings. The molecule has 1 aliphatic heterocycles. The summed E-state index contributed by atoms with van der Waals surface area (Å²) in [4.78, 5) is 14.1. The lowest BCUT2D eigenvalue weighted by Crippen LogP contribution is -2.41. The van der Waals surface area contributed by atoms with E-state index in [4.69, 9.17) is 11.6 Å². The number of halogens is 1. The van der Waals surface area contributed by atoms with Crippen LogP contribution >= 0.6 is 11.6 Å². The fourth-order valence-electron chi connectivity index (χ4n) is 2.93. The van der Waals surface area contributed by atoms with Gasteiger partial charge in [-0.3, -0.25) is 4.79 Å². The molecule has 0 aromatic heterocycles. The Labute approximate surface area is 142 Å². The quantitative estimate of drug-likeness (QED) is 0.848. The number of nitrogens with zero attached hydrogens (tertiary/aromatic N) is 1. The van der Waals surface area contributed by atoms with Crippen LogP contribution in [0.15, 0.2) is 18.2 Å². The van der Waals surface area contributed by atoms with Crippen LogP contribution in [0.4, 0.5) is 5.69 Å². The summed E-state index contributed by atoms with van der Waals surface area (Å²) < 4.78 is 23.2. The number of aryl methyl sites for hydroxylation is 1. The third kappa shape index (κ3) is 4.85. The fourth-order valence-corrected chi connectivity index (χ4v) is 4.89. The number of amides is 1. The molecule has 128 valence electrons. The van der Waals surface area contributed by atoms with E-state index >= 15 is 0 Å². The molecular formula is C16H23ClN2O3S. The van der Waals surface area contributed by atoms with Crippen LogP contribution in [0.2, 0.25) is 5.02 Å². The van der Waals surface area contributed by atoms with Gasteiger partial charge in [-0.1, -0.05) is 11.6 Å². The van der Waals surface area contributed by atoms with Crippen molar-refractivity contribution < 1.29 is 13.2 Å². The molecule has 1 atom stereocenters. The predicted octanol–water partition coefficient (Wildman–Crippen LogP) is 2.49. The van der Waals surface area contributed by atoms with Crippen LogP contribution in [0.3, 0.4) is 0 Å². The first-order valence-electron chi connectivity index (χ1n) is 7.82. The summed E-state index contributed by atoms with van der Waals surface area (Å²) in [5, 5.41) is 3.92. The highest BCUT2D eigenvalue weighted by Crippen LogP contribution is 2.20. The Bertz CT molecular complexity index is 676. The molecule has 0 saturated carbocycles. The Kier molecular flexibility index (Phi) is 5.92. The summed E-state index contributed by atoms with van der Waals surface area (Å²) in [7, 11) is -2.98. The molecule has 23 heavy (non-hydrogen) atoms. The maximum Gasteiger partial charge on any atom is 0.224 e. The highest BCUT2D eigenvalue weighted by molar-refractivity contribution is 7.91. The van der Waals surface area contributed by atoms with E-state index in [1.165, 1.54) is 0 Å². The summed E-state index contributed by atoms with van der Waals surface area (Å²) in [5.41, 5.74) is 1.98. The number of carbonyl (C=O) groups excluding carboxylic acids is 1. The molecule has 0 spiro atoms. The standard InChI is InChI=1S/C16H23ClN2O3S/c1-3-19(14-7-9-23(21,22)11-14)16(20)6-8-18-15-5-4-13(17)10-12(15)2/h4-5,10,14,18H,3,6-9,11H2,1-2H3. The van der Waals surface area contributed by atoms with Gasteiger partial charge in [-0.25, -0.2) is 8.42 Å². The first-order chi connectivity index (χ1) is 10.8. The zero-order valence-corrected chi connectivity index (χ0v) is 15.1. The van der Waals surface area contributed by atoms with E-state index in [2.05, 4.69) is 5.32 Å². The second-order valence-electron chi connectivity index (χ2n) is 5.87. The largest absolute Gasteiger partial charge is 0.384 e. The maximum absolute atomic E-state index is 12.4. The second-order valence-corrected chi connectivity index (χ2v) is 8.54. The minimum atomic E-state index is -2.98. The summed E-state index contributed by atoms with van der Waals surface area (Å²) in [5.74, 6) is 0.272. The van der Waals surface area contributed by atoms with Gasteiger partial charge in [0.25, 0.3) is 0 Å². The van der Waals surface area contributed by atoms with Crippen LogP contribution in [-0.4, -0.2) is 49.9 Å². The van der Waals surface area contributed by atoms with E-state index < -0.39 is 9.84 Å². The monoisotopic (exact) mass is 358 g/mol. The van der Waals surface area contributed by atoms with E-state index in [0.29, 0.717) is 31.0 Å². The lowest BCUT2D eigenvalue weighted by atomic mass is 10.2. The summed E-state index contributed by atoms with van der Waals surface area (Å²) in [6.07, 6.45) is 0.887. The molecule has 1 saturated heterocycles. The molecule has 0 bridgehead atoms. The molecule has 0 radical (unpaired) electrons. The van der Waals surface area contributed by atoms with E-state index in [0.717, 1.165) is 11.3 Å². The molecule has 1 aliphatic rings. The zero-order chi connectivity index (χ0) is 17.0. The number of anilines is 1. The summed E-state index contributed by atoms with van der Waals surface area (Å²) in [6, 6.07) is 5.40. The minimum absolute atomic E-state index is 0.00582. The topological polar surface area (TPSA) is 66.5 Å². The second kappa shape index (κ2) is 7.53. The highest BCUT2D eigenvalue weighted by atomic mass is 35.5. The minimum Gasteiger partial charge on any atom is -0.384 e. The van der Waals surface area contributed by atoms with Crippen molar-refractivity contribution in [1.29, 1.82) is 0 Å². The molecule has 5 nitrogen and oxygen atoms in total. The van der Waals surface area contributed by atoms with Crippen molar-refractivity contribution in [3.8, 4) is 0 Å². The lowest BCUT2D eigenvalue weighted by Gasteiger charge is -2.27. The number of benzene rings is 1. The maximum atomic E-state index is 12.4. The summed E-state index contributed by atoms with van der Waals surface area (Å²) >= 11 is 5.92. The smallest absolute Gasteiger partial charge is 0.224 e. The van der Waals surface area contributed by atoms with Crippen LogP contribution < -0.4 is 5.32 Å². The van der Waals surface area contributed by atoms with Crippen LogP contribution in [0.5, 0.6) is 0 Å². The van der Waals surface area contributed by atoms with Gasteiger partial charge in [0.15, 0.2) is 9.84 Å². The molecule has 0 aliphatic carbocycles. The average Bonchev–Trinajstić information content (AvgIpc) is 2.82. The van der Waals surface area contributed by atoms with Gasteiger partial charge < -0.3 is 10.2 Å². The Balaban J connectivity index is 1.88. The van der Waals surface area contributed by atoms with Crippen molar-refractivity contribution in [2.45, 2.75) is 32.7 Å². The van der Waals surface area contributed by atoms with E-state index in [-0.39, 0.29) is 23.5 Å². The van der Waals surface area contributed by atoms with E-state index in [1.807, 2.05) is 26.0 Å². The number of rotatable bonds is 6. The molecular weight excluding hydrogens is 336 g/mol. The SMILES string of the molecule is CCN(C(=O)CCNc1ccc(Cl)cc1C)C1CCS(=O)(=O)C1. The van der Waals surface area contributed by atoms with E-state index in [1.54, 1.807) is 11.0 Å². The first-order valence-corrected chi connectivity index (χ1v) is 10.0. The van der Waals surface area contributed by atoms with Gasteiger partial charge in [-0.2, -0.15) is 0 Å². The lowest BCUT2D eigenvalue weighted by molar-refractivity contribution is -0.132. The van der Waals surface area contributed by atoms with E-state index in [9.17, 15) is 13.2 Å². The van der Waals surface area contributed by atoms with Crippen LogP contribution in [0.25, 0.3) is 0 Å². The van der Waals surface area contributed by atoms with Gasteiger partial charge in [0.2, 0.25) is 5.91 Å². The molecule has 1 N–H and O–H groups in total. The normalized spacial score (nSPS) is 19.5. The van der Waals surface area contributed by atoms with Crippen molar-refractivity contribution in [1.82, 2.24) is 4.90 Å². The van der Waals surface area contributed by atoms with Gasteiger partial charge in [0.1, 0.15) is 0 Å². The Morgan fingerprint density at radius 2 is 2.17 bits per heavy atom. The fraction of sp³-hybridized carbons (Fsp3) is 0.562. The van der Waals surface area contributed by atoms with Crippen molar-refractivity contribution in [2.75, 3.05) is 29.9 Å². The van der Waals surface area contributed by atoms with Crippen LogP contribution in [-0.2, 0) is 14.6 Å². The van der Waals surface area contributed by atoms with Crippen molar-refractivity contribution in [2.24, 2.45) is 0 Å². The summed E-state index contributed by atoms with van der Waals surface area (Å²) in [6.45, 7) is 4.90.